The van der Waals surface area contributed by atoms with Crippen LogP contribution in [0.4, 0.5) is 0 Å². The smallest absolute Gasteiger partial charge is 0.0628 e. The number of hydrogen-bond acceptors (Lipinski definition) is 1. The summed E-state index contributed by atoms with van der Waals surface area (Å²) in [5, 5.41) is 6.27. The van der Waals surface area contributed by atoms with E-state index in [9.17, 15) is 0 Å². The van der Waals surface area contributed by atoms with E-state index in [-0.39, 0.29) is 0 Å². The van der Waals surface area contributed by atoms with Crippen LogP contribution in [0.3, 0.4) is 0 Å². The van der Waals surface area contributed by atoms with Crippen molar-refractivity contribution in [2.24, 2.45) is 5.73 Å². The van der Waals surface area contributed by atoms with Gasteiger partial charge in [-0.15, -0.1) is 0 Å². The topological polar surface area (TPSA) is 35.9 Å². The molecule has 0 unspecified atom stereocenters. The molecule has 0 aliphatic carbocycles. The molecule has 0 aliphatic heterocycles. The maximum Gasteiger partial charge on any atom is 0.0628 e. The van der Waals surface area contributed by atoms with Crippen LogP contribution in [0.15, 0.2) is 115 Å². The Hall–Kier alpha value is -4.34. The summed E-state index contributed by atoms with van der Waals surface area (Å²) in [6.45, 7) is 0.543. The molecule has 3 nitrogen and oxygen atoms in total. The predicted molar refractivity (Wildman–Crippen MR) is 143 cm³/mol. The summed E-state index contributed by atoms with van der Waals surface area (Å²) in [5.41, 5.74) is 13.0. The fourth-order valence-electron chi connectivity index (χ4n) is 5.34. The number of nitrogens with zero attached hydrogens (tertiary/aromatic N) is 2. The van der Waals surface area contributed by atoms with Crippen molar-refractivity contribution < 1.29 is 0 Å². The first-order chi connectivity index (χ1) is 16.8. The van der Waals surface area contributed by atoms with Gasteiger partial charge in [-0.2, -0.15) is 0 Å². The van der Waals surface area contributed by atoms with Crippen LogP contribution in [0, 0.1) is 0 Å². The second kappa shape index (κ2) is 7.34. The molecule has 5 aromatic carbocycles. The number of rotatable bonds is 3. The molecule has 2 heterocycles. The summed E-state index contributed by atoms with van der Waals surface area (Å²) in [4.78, 5) is 0. The van der Waals surface area contributed by atoms with E-state index in [1.54, 1.807) is 0 Å². The number of benzene rings is 5. The van der Waals surface area contributed by atoms with Crippen LogP contribution in [0.25, 0.3) is 54.9 Å². The van der Waals surface area contributed by atoms with Gasteiger partial charge in [0.2, 0.25) is 0 Å². The Bertz CT molecular complexity index is 1820. The Balaban J connectivity index is 1.70. The van der Waals surface area contributed by atoms with E-state index in [0.29, 0.717) is 6.54 Å². The first-order valence-corrected chi connectivity index (χ1v) is 11.6. The van der Waals surface area contributed by atoms with Crippen molar-refractivity contribution in [3.63, 3.8) is 0 Å². The number of hydrogen-bond donors (Lipinski definition) is 1. The van der Waals surface area contributed by atoms with E-state index in [0.717, 1.165) is 11.3 Å². The molecule has 7 rings (SSSR count). The third-order valence-electron chi connectivity index (χ3n) is 6.93. The molecule has 0 radical (unpaired) electrons. The van der Waals surface area contributed by atoms with Gasteiger partial charge >= 0.3 is 0 Å². The minimum absolute atomic E-state index is 0.543. The lowest BCUT2D eigenvalue weighted by atomic mass is 10.0. The number of aromatic nitrogens is 2. The predicted octanol–water partition coefficient (Wildman–Crippen LogP) is 7.34. The van der Waals surface area contributed by atoms with Gasteiger partial charge in [-0.1, -0.05) is 72.8 Å². The van der Waals surface area contributed by atoms with Crippen molar-refractivity contribution in [3.05, 3.63) is 121 Å². The van der Waals surface area contributed by atoms with Gasteiger partial charge in [-0.25, -0.2) is 0 Å². The van der Waals surface area contributed by atoms with Crippen molar-refractivity contribution in [1.82, 2.24) is 9.13 Å². The van der Waals surface area contributed by atoms with Gasteiger partial charge in [0.25, 0.3) is 0 Å². The molecule has 162 valence electrons. The highest BCUT2D eigenvalue weighted by molar-refractivity contribution is 6.25. The molecule has 0 spiro atoms. The molecule has 0 atom stereocenters. The van der Waals surface area contributed by atoms with Gasteiger partial charge < -0.3 is 14.9 Å². The summed E-state index contributed by atoms with van der Waals surface area (Å²) in [5.74, 6) is 0. The fraction of sp³-hybridized carbons (Fsp3) is 0.0323. The number of fused-ring (bicyclic) bond motifs is 7. The zero-order chi connectivity index (χ0) is 22.6. The molecule has 0 saturated heterocycles. The third kappa shape index (κ3) is 2.68. The maximum atomic E-state index is 5.89. The Kier molecular flexibility index (Phi) is 4.14. The van der Waals surface area contributed by atoms with Crippen LogP contribution in [0.1, 0.15) is 5.56 Å². The SMILES string of the molecule is NCc1ccc(-n2c3ccc4ccn(-c5ccccc5)c4c3c3ccc4ccccc4c32)cc1. The second-order valence-corrected chi connectivity index (χ2v) is 8.81. The van der Waals surface area contributed by atoms with Crippen LogP contribution >= 0.6 is 0 Å². The number of nitrogens with two attached hydrogens (primary N) is 1. The summed E-state index contributed by atoms with van der Waals surface area (Å²) < 4.78 is 4.73. The lowest BCUT2D eigenvalue weighted by Gasteiger charge is -2.11. The third-order valence-corrected chi connectivity index (χ3v) is 6.93. The van der Waals surface area contributed by atoms with Crippen molar-refractivity contribution in [3.8, 4) is 11.4 Å². The lowest BCUT2D eigenvalue weighted by Crippen LogP contribution is -1.98. The van der Waals surface area contributed by atoms with E-state index in [1.165, 1.54) is 49.2 Å². The van der Waals surface area contributed by atoms with Crippen molar-refractivity contribution >= 4 is 43.5 Å². The van der Waals surface area contributed by atoms with Gasteiger partial charge in [0.1, 0.15) is 0 Å². The lowest BCUT2D eigenvalue weighted by molar-refractivity contribution is 1.06. The van der Waals surface area contributed by atoms with Gasteiger partial charge in [0.15, 0.2) is 0 Å². The van der Waals surface area contributed by atoms with E-state index in [2.05, 4.69) is 125 Å². The Morgan fingerprint density at radius 2 is 1.32 bits per heavy atom. The van der Waals surface area contributed by atoms with Gasteiger partial charge in [0, 0.05) is 45.7 Å². The molecular weight excluding hydrogens is 414 g/mol. The summed E-state index contributed by atoms with van der Waals surface area (Å²) >= 11 is 0. The first-order valence-electron chi connectivity index (χ1n) is 11.6. The summed E-state index contributed by atoms with van der Waals surface area (Å²) in [6, 6.07) is 39.1. The Morgan fingerprint density at radius 3 is 2.15 bits per heavy atom. The summed E-state index contributed by atoms with van der Waals surface area (Å²) in [7, 11) is 0. The zero-order valence-corrected chi connectivity index (χ0v) is 18.6. The van der Waals surface area contributed by atoms with E-state index >= 15 is 0 Å². The normalized spacial score (nSPS) is 11.8. The quantitative estimate of drug-likeness (QED) is 0.308. The minimum atomic E-state index is 0.543. The van der Waals surface area contributed by atoms with Crippen LogP contribution in [-0.2, 0) is 6.54 Å². The molecule has 0 aliphatic rings. The second-order valence-electron chi connectivity index (χ2n) is 8.81. The molecule has 2 N–H and O–H groups in total. The zero-order valence-electron chi connectivity index (χ0n) is 18.6. The van der Waals surface area contributed by atoms with Crippen molar-refractivity contribution in [1.29, 1.82) is 0 Å². The monoisotopic (exact) mass is 437 g/mol. The molecular formula is C31H23N3. The molecule has 3 heteroatoms. The maximum absolute atomic E-state index is 5.89. The molecule has 34 heavy (non-hydrogen) atoms. The Morgan fingerprint density at radius 1 is 0.559 bits per heavy atom. The highest BCUT2D eigenvalue weighted by Gasteiger charge is 2.19. The van der Waals surface area contributed by atoms with Crippen LogP contribution in [-0.4, -0.2) is 9.13 Å². The molecule has 0 saturated carbocycles. The largest absolute Gasteiger partial charge is 0.326 e. The first kappa shape index (κ1) is 19.2. The molecule has 7 aromatic rings. The highest BCUT2D eigenvalue weighted by Crippen LogP contribution is 2.40. The van der Waals surface area contributed by atoms with Gasteiger partial charge in [0.05, 0.1) is 16.6 Å². The highest BCUT2D eigenvalue weighted by atomic mass is 15.0. The van der Waals surface area contributed by atoms with Crippen molar-refractivity contribution in [2.45, 2.75) is 6.54 Å². The molecule has 0 fully saturated rings. The van der Waals surface area contributed by atoms with Crippen LogP contribution in [0.2, 0.25) is 0 Å². The number of para-hydroxylation sites is 1. The standard InChI is InChI=1S/C31H23N3/c32-20-21-10-14-25(15-11-21)34-28-17-13-23-18-19-33(24-7-2-1-3-8-24)30(23)29(28)27-16-12-22-6-4-5-9-26(22)31(27)34/h1-19H,20,32H2. The van der Waals surface area contributed by atoms with Gasteiger partial charge in [-0.3, -0.25) is 0 Å². The van der Waals surface area contributed by atoms with Crippen molar-refractivity contribution in [2.75, 3.05) is 0 Å². The molecule has 0 amide bonds. The fourth-order valence-corrected chi connectivity index (χ4v) is 5.34. The average Bonchev–Trinajstić information content (AvgIpc) is 3.48. The van der Waals surface area contributed by atoms with E-state index in [4.69, 9.17) is 5.73 Å². The van der Waals surface area contributed by atoms with Gasteiger partial charge in [-0.05, 0) is 47.3 Å². The van der Waals surface area contributed by atoms with Crippen LogP contribution < -0.4 is 5.73 Å². The summed E-state index contributed by atoms with van der Waals surface area (Å²) in [6.07, 6.45) is 2.18. The average molecular weight is 438 g/mol. The minimum Gasteiger partial charge on any atom is -0.326 e. The Labute approximate surface area is 197 Å². The van der Waals surface area contributed by atoms with E-state index in [1.807, 2.05) is 0 Å². The van der Waals surface area contributed by atoms with Crippen LogP contribution in [0.5, 0.6) is 0 Å². The molecule has 0 bridgehead atoms. The molecule has 2 aromatic heterocycles. The van der Waals surface area contributed by atoms with E-state index < -0.39 is 0 Å².